The van der Waals surface area contributed by atoms with Crippen molar-refractivity contribution in [3.8, 4) is 0 Å². The molecular weight excluding hydrogens is 300 g/mol. The normalized spacial score (nSPS) is 11.1. The van der Waals surface area contributed by atoms with Gasteiger partial charge >= 0.3 is 0 Å². The van der Waals surface area contributed by atoms with Crippen LogP contribution < -0.4 is 5.56 Å². The summed E-state index contributed by atoms with van der Waals surface area (Å²) in [6.45, 7) is 4.02. The SMILES string of the molecule is CCSc1nc2c(Br)cc(C)cc2c(=O)n1C. The van der Waals surface area contributed by atoms with Gasteiger partial charge in [0.2, 0.25) is 0 Å². The number of nitrogens with zero attached hydrogens (tertiary/aromatic N) is 2. The summed E-state index contributed by atoms with van der Waals surface area (Å²) in [7, 11) is 1.77. The maximum Gasteiger partial charge on any atom is 0.261 e. The Labute approximate surface area is 112 Å². The standard InChI is InChI=1S/C12H13BrN2OS/c1-4-17-12-14-10-8(11(16)15(12)3)5-7(2)6-9(10)13/h5-6H,4H2,1-3H3. The van der Waals surface area contributed by atoms with Crippen LogP contribution in [0.1, 0.15) is 12.5 Å². The summed E-state index contributed by atoms with van der Waals surface area (Å²) in [5, 5.41) is 1.43. The Morgan fingerprint density at radius 1 is 1.47 bits per heavy atom. The molecule has 1 aromatic heterocycles. The molecule has 2 rings (SSSR count). The van der Waals surface area contributed by atoms with Crippen LogP contribution in [-0.2, 0) is 7.05 Å². The summed E-state index contributed by atoms with van der Waals surface area (Å²) in [5.74, 6) is 0.898. The van der Waals surface area contributed by atoms with Crippen molar-refractivity contribution in [3.63, 3.8) is 0 Å². The largest absolute Gasteiger partial charge is 0.290 e. The molecule has 0 amide bonds. The Kier molecular flexibility index (Phi) is 3.58. The number of aromatic nitrogens is 2. The van der Waals surface area contributed by atoms with Gasteiger partial charge in [-0.15, -0.1) is 0 Å². The molecule has 0 saturated carbocycles. The molecule has 90 valence electrons. The van der Waals surface area contributed by atoms with E-state index in [9.17, 15) is 4.79 Å². The average molecular weight is 313 g/mol. The number of thioether (sulfide) groups is 1. The number of hydrogen-bond donors (Lipinski definition) is 0. The van der Waals surface area contributed by atoms with Crippen LogP contribution in [0.15, 0.2) is 26.6 Å². The summed E-state index contributed by atoms with van der Waals surface area (Å²) in [5.41, 5.74) is 1.81. The van der Waals surface area contributed by atoms with Crippen LogP contribution in [0.25, 0.3) is 10.9 Å². The van der Waals surface area contributed by atoms with Crippen molar-refractivity contribution in [1.82, 2.24) is 9.55 Å². The number of aryl methyl sites for hydroxylation is 1. The van der Waals surface area contributed by atoms with E-state index in [0.29, 0.717) is 5.39 Å². The minimum Gasteiger partial charge on any atom is -0.290 e. The van der Waals surface area contributed by atoms with Crippen molar-refractivity contribution in [2.75, 3.05) is 5.75 Å². The van der Waals surface area contributed by atoms with E-state index in [1.54, 1.807) is 23.4 Å². The number of hydrogen-bond acceptors (Lipinski definition) is 3. The van der Waals surface area contributed by atoms with Gasteiger partial charge in [0.15, 0.2) is 5.16 Å². The number of rotatable bonds is 2. The third-order valence-electron chi connectivity index (χ3n) is 2.51. The molecule has 3 nitrogen and oxygen atoms in total. The lowest BCUT2D eigenvalue weighted by atomic mass is 10.2. The number of fused-ring (bicyclic) bond motifs is 1. The first-order valence-corrected chi connectivity index (χ1v) is 7.12. The topological polar surface area (TPSA) is 34.9 Å². The van der Waals surface area contributed by atoms with Gasteiger partial charge in [0.05, 0.1) is 10.9 Å². The van der Waals surface area contributed by atoms with Crippen molar-refractivity contribution in [1.29, 1.82) is 0 Å². The smallest absolute Gasteiger partial charge is 0.261 e. The predicted molar refractivity (Wildman–Crippen MR) is 75.8 cm³/mol. The molecule has 0 aliphatic carbocycles. The van der Waals surface area contributed by atoms with Crippen LogP contribution in [0, 0.1) is 6.92 Å². The molecule has 2 aromatic rings. The third kappa shape index (κ3) is 2.26. The lowest BCUT2D eigenvalue weighted by Crippen LogP contribution is -2.20. The van der Waals surface area contributed by atoms with Gasteiger partial charge in [0.1, 0.15) is 0 Å². The summed E-state index contributed by atoms with van der Waals surface area (Å²) >= 11 is 5.05. The van der Waals surface area contributed by atoms with E-state index in [1.807, 2.05) is 26.0 Å². The van der Waals surface area contributed by atoms with E-state index in [4.69, 9.17) is 0 Å². The fraction of sp³-hybridized carbons (Fsp3) is 0.333. The van der Waals surface area contributed by atoms with Crippen LogP contribution >= 0.6 is 27.7 Å². The average Bonchev–Trinajstić information content (AvgIpc) is 2.27. The van der Waals surface area contributed by atoms with E-state index in [-0.39, 0.29) is 5.56 Å². The van der Waals surface area contributed by atoms with Gasteiger partial charge in [-0.1, -0.05) is 18.7 Å². The molecule has 0 atom stereocenters. The Hall–Kier alpha value is -0.810. The van der Waals surface area contributed by atoms with E-state index < -0.39 is 0 Å². The molecule has 0 fully saturated rings. The highest BCUT2D eigenvalue weighted by atomic mass is 79.9. The first-order valence-electron chi connectivity index (χ1n) is 5.34. The van der Waals surface area contributed by atoms with Crippen molar-refractivity contribution < 1.29 is 0 Å². The second kappa shape index (κ2) is 4.82. The third-order valence-corrected chi connectivity index (χ3v) is 4.03. The van der Waals surface area contributed by atoms with Gasteiger partial charge < -0.3 is 0 Å². The summed E-state index contributed by atoms with van der Waals surface area (Å²) < 4.78 is 2.49. The molecule has 0 aliphatic heterocycles. The second-order valence-corrected chi connectivity index (χ2v) is 5.92. The van der Waals surface area contributed by atoms with Crippen LogP contribution in [0.5, 0.6) is 0 Å². The molecule has 0 radical (unpaired) electrons. The summed E-state index contributed by atoms with van der Waals surface area (Å²) in [4.78, 5) is 16.8. The molecule has 1 heterocycles. The van der Waals surface area contributed by atoms with E-state index in [2.05, 4.69) is 20.9 Å². The first kappa shape index (κ1) is 12.6. The highest BCUT2D eigenvalue weighted by molar-refractivity contribution is 9.10. The zero-order chi connectivity index (χ0) is 12.6. The molecule has 0 saturated heterocycles. The molecular formula is C12H13BrN2OS. The zero-order valence-corrected chi connectivity index (χ0v) is 12.4. The minimum atomic E-state index is 0.00958. The summed E-state index contributed by atoms with van der Waals surface area (Å²) in [6.07, 6.45) is 0. The highest BCUT2D eigenvalue weighted by Gasteiger charge is 2.10. The van der Waals surface area contributed by atoms with Crippen LogP contribution in [0.3, 0.4) is 0 Å². The van der Waals surface area contributed by atoms with Crippen LogP contribution in [0.2, 0.25) is 0 Å². The Bertz CT molecular complexity index is 636. The van der Waals surface area contributed by atoms with Gasteiger partial charge in [0.25, 0.3) is 5.56 Å². The molecule has 5 heteroatoms. The van der Waals surface area contributed by atoms with Gasteiger partial charge in [-0.05, 0) is 46.3 Å². The highest BCUT2D eigenvalue weighted by Crippen LogP contribution is 2.24. The fourth-order valence-electron chi connectivity index (χ4n) is 1.71. The van der Waals surface area contributed by atoms with Gasteiger partial charge in [-0.25, -0.2) is 4.98 Å². The van der Waals surface area contributed by atoms with Crippen molar-refractivity contribution >= 4 is 38.6 Å². The second-order valence-electron chi connectivity index (χ2n) is 3.83. The van der Waals surface area contributed by atoms with Gasteiger partial charge in [-0.2, -0.15) is 0 Å². The van der Waals surface area contributed by atoms with Crippen molar-refractivity contribution in [2.45, 2.75) is 19.0 Å². The van der Waals surface area contributed by atoms with Gasteiger partial charge in [-0.3, -0.25) is 9.36 Å². The van der Waals surface area contributed by atoms with Crippen LogP contribution in [-0.4, -0.2) is 15.3 Å². The number of halogens is 1. The quantitative estimate of drug-likeness (QED) is 0.631. The number of benzene rings is 1. The molecule has 0 spiro atoms. The molecule has 0 bridgehead atoms. The van der Waals surface area contributed by atoms with E-state index >= 15 is 0 Å². The lowest BCUT2D eigenvalue weighted by Gasteiger charge is -2.09. The zero-order valence-electron chi connectivity index (χ0n) is 9.95. The van der Waals surface area contributed by atoms with Crippen molar-refractivity contribution in [2.24, 2.45) is 7.05 Å². The Morgan fingerprint density at radius 3 is 2.82 bits per heavy atom. The van der Waals surface area contributed by atoms with Crippen LogP contribution in [0.4, 0.5) is 0 Å². The lowest BCUT2D eigenvalue weighted by molar-refractivity contribution is 0.726. The van der Waals surface area contributed by atoms with Crippen molar-refractivity contribution in [3.05, 3.63) is 32.5 Å². The van der Waals surface area contributed by atoms with Gasteiger partial charge in [0, 0.05) is 11.5 Å². The fourth-order valence-corrected chi connectivity index (χ4v) is 3.06. The molecule has 1 aromatic carbocycles. The molecule has 0 unspecified atom stereocenters. The summed E-state index contributed by atoms with van der Waals surface area (Å²) in [6, 6.07) is 3.87. The Morgan fingerprint density at radius 2 is 2.18 bits per heavy atom. The molecule has 0 aliphatic rings. The maximum atomic E-state index is 12.2. The van der Waals surface area contributed by atoms with E-state index in [1.165, 1.54) is 0 Å². The minimum absolute atomic E-state index is 0.00958. The molecule has 17 heavy (non-hydrogen) atoms. The monoisotopic (exact) mass is 312 g/mol. The predicted octanol–water partition coefficient (Wildman–Crippen LogP) is 3.12. The van der Waals surface area contributed by atoms with E-state index in [0.717, 1.165) is 26.5 Å². The first-order chi connectivity index (χ1) is 8.04. The molecule has 0 N–H and O–H groups in total. The maximum absolute atomic E-state index is 12.2. The Balaban J connectivity index is 2.86.